The Kier molecular flexibility index (Phi) is 5.25. The topological polar surface area (TPSA) is 59.2 Å². The quantitative estimate of drug-likeness (QED) is 0.650. The van der Waals surface area contributed by atoms with Gasteiger partial charge >= 0.3 is 0 Å². The second kappa shape index (κ2) is 6.95. The summed E-state index contributed by atoms with van der Waals surface area (Å²) in [6.45, 7) is 2.60. The third-order valence-corrected chi connectivity index (χ3v) is 5.46. The summed E-state index contributed by atoms with van der Waals surface area (Å²) in [7, 11) is 2.01. The van der Waals surface area contributed by atoms with Crippen LogP contribution < -0.4 is 10.6 Å². The van der Waals surface area contributed by atoms with Gasteiger partial charge in [0.25, 0.3) is 0 Å². The lowest BCUT2D eigenvalue weighted by Gasteiger charge is -2.18. The lowest BCUT2D eigenvalue weighted by molar-refractivity contribution is 0.0992. The summed E-state index contributed by atoms with van der Waals surface area (Å²) in [5, 5.41) is 1.04. The second-order valence-corrected chi connectivity index (χ2v) is 6.49. The van der Waals surface area contributed by atoms with Crippen molar-refractivity contribution in [1.29, 1.82) is 0 Å². The fourth-order valence-corrected chi connectivity index (χ4v) is 4.25. The normalized spacial score (nSPS) is 10.6. The van der Waals surface area contributed by atoms with Crippen molar-refractivity contribution in [1.82, 2.24) is 4.98 Å². The van der Waals surface area contributed by atoms with Crippen LogP contribution in [0.4, 0.5) is 10.7 Å². The fourth-order valence-electron chi connectivity index (χ4n) is 2.07. The summed E-state index contributed by atoms with van der Waals surface area (Å²) < 4.78 is 0. The predicted octanol–water partition coefficient (Wildman–Crippen LogP) is 3.68. The molecule has 0 unspecified atom stereocenters. The van der Waals surface area contributed by atoms with Crippen molar-refractivity contribution in [2.24, 2.45) is 0 Å². The highest BCUT2D eigenvalue weighted by atomic mass is 32.2. The minimum Gasteiger partial charge on any atom is -0.396 e. The van der Waals surface area contributed by atoms with E-state index in [4.69, 9.17) is 5.73 Å². The Morgan fingerprint density at radius 2 is 2.29 bits per heavy atom. The van der Waals surface area contributed by atoms with Gasteiger partial charge in [-0.2, -0.15) is 0 Å². The van der Waals surface area contributed by atoms with Crippen LogP contribution in [-0.4, -0.2) is 24.1 Å². The Morgan fingerprint density at radius 1 is 1.52 bits per heavy atom. The second-order valence-electron chi connectivity index (χ2n) is 4.68. The molecular weight excluding hydrogens is 302 g/mol. The van der Waals surface area contributed by atoms with Crippen molar-refractivity contribution in [2.45, 2.75) is 24.8 Å². The van der Waals surface area contributed by atoms with E-state index < -0.39 is 0 Å². The number of hydrogen-bond donors (Lipinski definition) is 1. The maximum absolute atomic E-state index is 12.0. The van der Waals surface area contributed by atoms with E-state index in [0.29, 0.717) is 17.0 Å². The smallest absolute Gasteiger partial charge is 0.174 e. The predicted molar refractivity (Wildman–Crippen MR) is 91.5 cm³/mol. The third kappa shape index (κ3) is 3.39. The van der Waals surface area contributed by atoms with E-state index in [9.17, 15) is 4.79 Å². The molecule has 0 aliphatic carbocycles. The number of pyridine rings is 1. The lowest BCUT2D eigenvalue weighted by Crippen LogP contribution is -2.15. The van der Waals surface area contributed by atoms with Crippen LogP contribution in [0.15, 0.2) is 29.4 Å². The number of thiophene rings is 1. The molecule has 0 saturated heterocycles. The molecule has 0 spiro atoms. The molecule has 0 saturated carbocycles. The number of ketones is 1. The molecule has 0 fully saturated rings. The van der Waals surface area contributed by atoms with Crippen LogP contribution in [0.1, 0.15) is 28.6 Å². The molecule has 0 amide bonds. The van der Waals surface area contributed by atoms with Crippen molar-refractivity contribution in [3.05, 3.63) is 35.0 Å². The summed E-state index contributed by atoms with van der Waals surface area (Å²) in [5.41, 5.74) is 7.90. The van der Waals surface area contributed by atoms with E-state index in [2.05, 4.69) is 9.88 Å². The SMILES string of the molecule is CCC(=O)c1sc(N(C)Cc2cccnc2)c(SC)c1N. The molecule has 4 nitrogen and oxygen atoms in total. The van der Waals surface area contributed by atoms with Crippen LogP contribution in [0.2, 0.25) is 0 Å². The zero-order valence-corrected chi connectivity index (χ0v) is 14.1. The lowest BCUT2D eigenvalue weighted by atomic mass is 10.2. The highest BCUT2D eigenvalue weighted by molar-refractivity contribution is 7.99. The van der Waals surface area contributed by atoms with Crippen molar-refractivity contribution in [3.8, 4) is 0 Å². The number of nitrogens with zero attached hydrogens (tertiary/aromatic N) is 2. The average molecular weight is 321 g/mol. The maximum Gasteiger partial charge on any atom is 0.174 e. The molecule has 2 aromatic heterocycles. The van der Waals surface area contributed by atoms with E-state index in [1.165, 1.54) is 11.3 Å². The molecule has 0 bridgehead atoms. The van der Waals surface area contributed by atoms with Gasteiger partial charge in [-0.25, -0.2) is 0 Å². The summed E-state index contributed by atoms with van der Waals surface area (Å²) in [4.78, 5) is 19.9. The first-order valence-corrected chi connectivity index (χ1v) is 8.72. The van der Waals surface area contributed by atoms with Crippen molar-refractivity contribution >= 4 is 39.6 Å². The molecule has 0 aliphatic heterocycles. The first-order chi connectivity index (χ1) is 10.1. The van der Waals surface area contributed by atoms with Crippen LogP contribution in [0, 0.1) is 0 Å². The van der Waals surface area contributed by atoms with Gasteiger partial charge in [0.15, 0.2) is 5.78 Å². The number of anilines is 2. The Labute approximate surface area is 133 Å². The number of rotatable bonds is 6. The molecular formula is C15H19N3OS2. The molecule has 0 atom stereocenters. The zero-order chi connectivity index (χ0) is 15.4. The maximum atomic E-state index is 12.0. The third-order valence-electron chi connectivity index (χ3n) is 3.15. The fraction of sp³-hybridized carbons (Fsp3) is 0.333. The number of aromatic nitrogens is 1. The van der Waals surface area contributed by atoms with E-state index >= 15 is 0 Å². The molecule has 0 aliphatic rings. The Hall–Kier alpha value is -1.53. The van der Waals surface area contributed by atoms with Crippen LogP contribution in [-0.2, 0) is 6.54 Å². The number of thioether (sulfide) groups is 1. The molecule has 2 aromatic rings. The summed E-state index contributed by atoms with van der Waals surface area (Å²) >= 11 is 3.07. The van der Waals surface area contributed by atoms with Crippen molar-refractivity contribution in [2.75, 3.05) is 23.9 Å². The number of nitrogens with two attached hydrogens (primary N) is 1. The van der Waals surface area contributed by atoms with Crippen LogP contribution >= 0.6 is 23.1 Å². The molecule has 0 radical (unpaired) electrons. The number of nitrogen functional groups attached to an aromatic ring is 1. The van der Waals surface area contributed by atoms with Gasteiger partial charge in [0, 0.05) is 32.4 Å². The van der Waals surface area contributed by atoms with Crippen molar-refractivity contribution in [3.63, 3.8) is 0 Å². The van der Waals surface area contributed by atoms with Gasteiger partial charge in [-0.3, -0.25) is 9.78 Å². The Balaban J connectivity index is 2.32. The van der Waals surface area contributed by atoms with E-state index in [1.54, 1.807) is 18.0 Å². The van der Waals surface area contributed by atoms with Crippen LogP contribution in [0.5, 0.6) is 0 Å². The van der Waals surface area contributed by atoms with Gasteiger partial charge in [-0.1, -0.05) is 13.0 Å². The summed E-state index contributed by atoms with van der Waals surface area (Å²) in [6.07, 6.45) is 6.08. The molecule has 21 heavy (non-hydrogen) atoms. The number of hydrogen-bond acceptors (Lipinski definition) is 6. The minimum atomic E-state index is 0.105. The van der Waals surface area contributed by atoms with Gasteiger partial charge in [0.05, 0.1) is 15.5 Å². The van der Waals surface area contributed by atoms with Crippen LogP contribution in [0.3, 0.4) is 0 Å². The molecule has 6 heteroatoms. The summed E-state index contributed by atoms with van der Waals surface area (Å²) in [6, 6.07) is 3.96. The number of Topliss-reactive ketones (excluding diaryl/α,β-unsaturated/α-hetero) is 1. The van der Waals surface area contributed by atoms with Gasteiger partial charge in [0.1, 0.15) is 5.00 Å². The highest BCUT2D eigenvalue weighted by Crippen LogP contribution is 2.44. The summed E-state index contributed by atoms with van der Waals surface area (Å²) in [5.74, 6) is 0.105. The van der Waals surface area contributed by atoms with Gasteiger partial charge in [-0.05, 0) is 17.9 Å². The number of carbonyl (C=O) groups is 1. The minimum absolute atomic E-state index is 0.105. The first-order valence-electron chi connectivity index (χ1n) is 6.68. The van der Waals surface area contributed by atoms with Crippen molar-refractivity contribution < 1.29 is 4.79 Å². The van der Waals surface area contributed by atoms with Gasteiger partial charge in [-0.15, -0.1) is 23.1 Å². The van der Waals surface area contributed by atoms with Gasteiger partial charge in [0.2, 0.25) is 0 Å². The molecule has 112 valence electrons. The Bertz CT molecular complexity index is 625. The molecule has 2 N–H and O–H groups in total. The Morgan fingerprint density at radius 3 is 2.86 bits per heavy atom. The van der Waals surface area contributed by atoms with Gasteiger partial charge < -0.3 is 10.6 Å². The monoisotopic (exact) mass is 321 g/mol. The highest BCUT2D eigenvalue weighted by Gasteiger charge is 2.21. The standard InChI is InChI=1S/C15H19N3OS2/c1-4-11(19)13-12(16)14(20-3)15(21-13)18(2)9-10-6-5-7-17-8-10/h5-8H,4,9,16H2,1-3H3. The average Bonchev–Trinajstić information content (AvgIpc) is 2.84. The van der Waals surface area contributed by atoms with Crippen LogP contribution in [0.25, 0.3) is 0 Å². The number of carbonyl (C=O) groups excluding carboxylic acids is 1. The first kappa shape index (κ1) is 15.9. The molecule has 0 aromatic carbocycles. The van der Waals surface area contributed by atoms with E-state index in [1.807, 2.05) is 38.6 Å². The van der Waals surface area contributed by atoms with E-state index in [0.717, 1.165) is 22.0 Å². The largest absolute Gasteiger partial charge is 0.396 e. The van der Waals surface area contributed by atoms with E-state index in [-0.39, 0.29) is 5.78 Å². The molecule has 2 rings (SSSR count). The zero-order valence-electron chi connectivity index (χ0n) is 12.4. The molecule has 2 heterocycles.